The molecule has 0 atom stereocenters. The third kappa shape index (κ3) is 4.37. The van der Waals surface area contributed by atoms with E-state index in [1.54, 1.807) is 49.7 Å². The predicted molar refractivity (Wildman–Crippen MR) is 125 cm³/mol. The second-order valence-electron chi connectivity index (χ2n) is 7.59. The number of hydrogen-bond acceptors (Lipinski definition) is 7. The lowest BCUT2D eigenvalue weighted by molar-refractivity contribution is -0.384. The minimum atomic E-state index is -0.711. The second-order valence-corrected chi connectivity index (χ2v) is 8.62. The minimum absolute atomic E-state index is 0.0722. The van der Waals surface area contributed by atoms with Gasteiger partial charge in [0, 0.05) is 11.5 Å². The molecule has 0 aliphatic carbocycles. The molecule has 34 heavy (non-hydrogen) atoms. The van der Waals surface area contributed by atoms with Crippen molar-refractivity contribution in [2.45, 2.75) is 20.8 Å². The maximum absolute atomic E-state index is 13.3. The van der Waals surface area contributed by atoms with E-state index >= 15 is 0 Å². The number of aromatic nitrogens is 2. The first kappa shape index (κ1) is 23.1. The minimum Gasteiger partial charge on any atom is -0.451 e. The number of ether oxygens (including phenoxy) is 1. The molecule has 2 aromatic carbocycles. The van der Waals surface area contributed by atoms with Gasteiger partial charge in [0.25, 0.3) is 11.6 Å². The molecule has 0 saturated carbocycles. The number of anilines is 1. The van der Waals surface area contributed by atoms with Gasteiger partial charge in [0.05, 0.1) is 16.3 Å². The molecular weight excluding hydrogens is 463 g/mol. The number of carbonyl (C=O) groups excluding carboxylic acids is 2. The number of nitrogens with zero attached hydrogens (tertiary/aromatic N) is 3. The maximum atomic E-state index is 13.3. The summed E-state index contributed by atoms with van der Waals surface area (Å²) < 4.78 is 20.0. The smallest absolute Gasteiger partial charge is 0.348 e. The first-order valence-corrected chi connectivity index (χ1v) is 10.9. The molecule has 0 fully saturated rings. The first-order chi connectivity index (χ1) is 16.2. The Morgan fingerprint density at radius 1 is 1.18 bits per heavy atom. The van der Waals surface area contributed by atoms with E-state index in [9.17, 15) is 24.1 Å². The Morgan fingerprint density at radius 2 is 1.88 bits per heavy atom. The highest BCUT2D eigenvalue weighted by atomic mass is 32.1. The lowest BCUT2D eigenvalue weighted by Crippen LogP contribution is -2.21. The fraction of sp³-hybridized carbons (Fsp3) is 0.174. The number of nitro benzene ring substituents is 1. The van der Waals surface area contributed by atoms with E-state index in [1.165, 1.54) is 18.2 Å². The number of carbonyl (C=O) groups is 2. The van der Waals surface area contributed by atoms with E-state index in [0.717, 1.165) is 22.3 Å². The van der Waals surface area contributed by atoms with E-state index in [-0.39, 0.29) is 22.1 Å². The summed E-state index contributed by atoms with van der Waals surface area (Å²) in [6.45, 7) is 4.61. The highest BCUT2D eigenvalue weighted by Crippen LogP contribution is 2.32. The van der Waals surface area contributed by atoms with Gasteiger partial charge in [-0.15, -0.1) is 11.3 Å². The zero-order valence-corrected chi connectivity index (χ0v) is 19.2. The summed E-state index contributed by atoms with van der Waals surface area (Å²) >= 11 is 1.13. The van der Waals surface area contributed by atoms with E-state index in [4.69, 9.17) is 4.74 Å². The van der Waals surface area contributed by atoms with Crippen molar-refractivity contribution >= 4 is 44.8 Å². The van der Waals surface area contributed by atoms with Gasteiger partial charge < -0.3 is 10.1 Å². The third-order valence-corrected chi connectivity index (χ3v) is 6.42. The largest absolute Gasteiger partial charge is 0.451 e. The Morgan fingerprint density at radius 3 is 2.56 bits per heavy atom. The van der Waals surface area contributed by atoms with Gasteiger partial charge in [0.15, 0.2) is 6.61 Å². The van der Waals surface area contributed by atoms with Crippen LogP contribution < -0.4 is 5.32 Å². The van der Waals surface area contributed by atoms with Crippen LogP contribution in [-0.4, -0.2) is 33.2 Å². The second kappa shape index (κ2) is 9.02. The molecule has 4 aromatic rings. The molecule has 9 nitrogen and oxygen atoms in total. The number of fused-ring (bicyclic) bond motifs is 1. The van der Waals surface area contributed by atoms with Crippen molar-refractivity contribution < 1.29 is 23.6 Å². The van der Waals surface area contributed by atoms with Crippen LogP contribution in [0.1, 0.15) is 26.5 Å². The van der Waals surface area contributed by atoms with E-state index in [1.807, 2.05) is 0 Å². The molecule has 2 aromatic heterocycles. The average Bonchev–Trinajstić information content (AvgIpc) is 3.36. The fourth-order valence-corrected chi connectivity index (χ4v) is 4.47. The molecule has 0 radical (unpaired) electrons. The fourth-order valence-electron chi connectivity index (χ4n) is 3.39. The topological polar surface area (TPSA) is 116 Å². The lowest BCUT2D eigenvalue weighted by Gasteiger charge is -2.11. The molecule has 174 valence electrons. The standard InChI is InChI=1S/C23H19FN4O5S/c1-12-4-9-18(28(31)32)21(13(12)2)25-20(29)11-33-23(30)19-10-17-14(3)26-27(22(17)34-19)16-7-5-15(24)6-8-16/h4-10H,11H2,1-3H3,(H,25,29). The van der Waals surface area contributed by atoms with Crippen molar-refractivity contribution in [1.82, 2.24) is 9.78 Å². The molecular formula is C23H19FN4O5S. The van der Waals surface area contributed by atoms with Gasteiger partial charge in [-0.3, -0.25) is 14.9 Å². The zero-order valence-electron chi connectivity index (χ0n) is 18.4. The molecule has 0 spiro atoms. The van der Waals surface area contributed by atoms with Gasteiger partial charge >= 0.3 is 5.97 Å². The monoisotopic (exact) mass is 482 g/mol. The number of amides is 1. The molecule has 0 unspecified atom stereocenters. The third-order valence-electron chi connectivity index (χ3n) is 5.33. The zero-order chi connectivity index (χ0) is 24.6. The molecule has 11 heteroatoms. The molecule has 0 aliphatic rings. The summed E-state index contributed by atoms with van der Waals surface area (Å²) in [6.07, 6.45) is 0. The average molecular weight is 482 g/mol. The maximum Gasteiger partial charge on any atom is 0.348 e. The van der Waals surface area contributed by atoms with Crippen LogP contribution in [0.15, 0.2) is 42.5 Å². The summed E-state index contributed by atoms with van der Waals surface area (Å²) in [7, 11) is 0. The molecule has 1 amide bonds. The van der Waals surface area contributed by atoms with Crippen LogP contribution in [0.2, 0.25) is 0 Å². The van der Waals surface area contributed by atoms with Crippen LogP contribution in [0.5, 0.6) is 0 Å². The van der Waals surface area contributed by atoms with Gasteiger partial charge in [-0.2, -0.15) is 5.10 Å². The van der Waals surface area contributed by atoms with Crippen LogP contribution >= 0.6 is 11.3 Å². The number of esters is 1. The molecule has 2 heterocycles. The van der Waals surface area contributed by atoms with Crippen molar-refractivity contribution in [3.63, 3.8) is 0 Å². The molecule has 1 N–H and O–H groups in total. The lowest BCUT2D eigenvalue weighted by atomic mass is 10.1. The van der Waals surface area contributed by atoms with Crippen LogP contribution in [-0.2, 0) is 9.53 Å². The summed E-state index contributed by atoms with van der Waals surface area (Å²) in [5.74, 6) is -1.78. The highest BCUT2D eigenvalue weighted by molar-refractivity contribution is 7.20. The van der Waals surface area contributed by atoms with Crippen molar-refractivity contribution in [3.05, 3.63) is 80.1 Å². The van der Waals surface area contributed by atoms with Gasteiger partial charge in [-0.1, -0.05) is 6.07 Å². The number of rotatable bonds is 6. The number of aryl methyl sites for hydroxylation is 2. The van der Waals surface area contributed by atoms with Crippen LogP contribution in [0, 0.1) is 36.7 Å². The summed E-state index contributed by atoms with van der Waals surface area (Å²) in [5, 5.41) is 18.9. The number of thiophene rings is 1. The Balaban J connectivity index is 1.50. The number of benzene rings is 2. The van der Waals surface area contributed by atoms with E-state index < -0.39 is 23.4 Å². The molecule has 0 saturated heterocycles. The Hall–Kier alpha value is -4.12. The van der Waals surface area contributed by atoms with Crippen LogP contribution in [0.25, 0.3) is 15.9 Å². The predicted octanol–water partition coefficient (Wildman–Crippen LogP) is 4.86. The number of halogens is 1. The van der Waals surface area contributed by atoms with Gasteiger partial charge in [0.2, 0.25) is 0 Å². The van der Waals surface area contributed by atoms with Gasteiger partial charge in [-0.05, 0) is 62.2 Å². The SMILES string of the molecule is Cc1ccc([N+](=O)[O-])c(NC(=O)COC(=O)c2cc3c(C)nn(-c4ccc(F)cc4)c3s2)c1C. The molecule has 4 rings (SSSR count). The Kier molecular flexibility index (Phi) is 6.12. The Labute approximate surface area is 196 Å². The molecule has 0 bridgehead atoms. The number of nitro groups is 1. The van der Waals surface area contributed by atoms with Gasteiger partial charge in [-0.25, -0.2) is 13.9 Å². The van der Waals surface area contributed by atoms with Crippen LogP contribution in [0.3, 0.4) is 0 Å². The summed E-state index contributed by atoms with van der Waals surface area (Å²) in [6, 6.07) is 10.3. The van der Waals surface area contributed by atoms with Gasteiger partial charge in [0.1, 0.15) is 21.2 Å². The summed E-state index contributed by atoms with van der Waals surface area (Å²) in [5.41, 5.74) is 2.47. The normalized spacial score (nSPS) is 10.9. The van der Waals surface area contributed by atoms with E-state index in [2.05, 4.69) is 10.4 Å². The first-order valence-electron chi connectivity index (χ1n) is 10.1. The summed E-state index contributed by atoms with van der Waals surface area (Å²) in [4.78, 5) is 36.6. The van der Waals surface area contributed by atoms with Crippen LogP contribution in [0.4, 0.5) is 15.8 Å². The number of nitrogens with one attached hydrogen (secondary N) is 1. The molecule has 0 aliphatic heterocycles. The number of hydrogen-bond donors (Lipinski definition) is 1. The van der Waals surface area contributed by atoms with Crippen molar-refractivity contribution in [2.24, 2.45) is 0 Å². The highest BCUT2D eigenvalue weighted by Gasteiger charge is 2.22. The van der Waals surface area contributed by atoms with E-state index in [0.29, 0.717) is 21.8 Å². The Bertz CT molecular complexity index is 1440. The quantitative estimate of drug-likeness (QED) is 0.238. The van der Waals surface area contributed by atoms with Crippen molar-refractivity contribution in [2.75, 3.05) is 11.9 Å². The van der Waals surface area contributed by atoms with Crippen molar-refractivity contribution in [1.29, 1.82) is 0 Å². The van der Waals surface area contributed by atoms with Crippen molar-refractivity contribution in [3.8, 4) is 5.69 Å².